The topological polar surface area (TPSA) is 105 Å². The van der Waals surface area contributed by atoms with Gasteiger partial charge in [0.15, 0.2) is 11.5 Å². The van der Waals surface area contributed by atoms with Gasteiger partial charge in [0, 0.05) is 17.3 Å². The lowest BCUT2D eigenvalue weighted by atomic mass is 9.85. The molecule has 3 N–H and O–H groups in total. The van der Waals surface area contributed by atoms with Crippen LogP contribution in [0.2, 0.25) is 0 Å². The number of aromatic amines is 3. The summed E-state index contributed by atoms with van der Waals surface area (Å²) in [5.41, 5.74) is 4.29. The summed E-state index contributed by atoms with van der Waals surface area (Å²) in [6, 6.07) is 24.8. The molecule has 1 unspecified atom stereocenters. The zero-order valence-corrected chi connectivity index (χ0v) is 21.6. The lowest BCUT2D eigenvalue weighted by molar-refractivity contribution is 0.269. The second kappa shape index (κ2) is 10.7. The van der Waals surface area contributed by atoms with E-state index in [-0.39, 0.29) is 11.1 Å². The van der Waals surface area contributed by atoms with Crippen LogP contribution < -0.4 is 20.6 Å². The zero-order chi connectivity index (χ0) is 26.6. The molecule has 2 heterocycles. The van der Waals surface area contributed by atoms with Crippen molar-refractivity contribution in [3.05, 3.63) is 133 Å². The first-order chi connectivity index (χ1) is 18.5. The highest BCUT2D eigenvalue weighted by atomic mass is 16.5. The number of rotatable bonds is 9. The SMILES string of the molecule is CCOc1cc(C(c2c(C)[nH][nH]c2=O)c2c(C)[nH]n(-c3ccccc3)c2=O)ccc1OCc1ccccc1. The minimum Gasteiger partial charge on any atom is -0.490 e. The number of nitrogens with one attached hydrogen (secondary N) is 3. The summed E-state index contributed by atoms with van der Waals surface area (Å²) in [6.45, 7) is 6.39. The molecule has 0 saturated carbocycles. The first-order valence-electron chi connectivity index (χ1n) is 12.6. The van der Waals surface area contributed by atoms with Gasteiger partial charge in [-0.3, -0.25) is 19.8 Å². The van der Waals surface area contributed by atoms with Crippen LogP contribution in [-0.4, -0.2) is 26.6 Å². The fourth-order valence-electron chi connectivity index (χ4n) is 4.77. The molecule has 8 nitrogen and oxygen atoms in total. The van der Waals surface area contributed by atoms with E-state index in [1.807, 2.05) is 99.6 Å². The van der Waals surface area contributed by atoms with E-state index in [9.17, 15) is 9.59 Å². The van der Waals surface area contributed by atoms with Crippen molar-refractivity contribution in [1.29, 1.82) is 0 Å². The molecule has 0 spiro atoms. The molecule has 3 aromatic carbocycles. The molecule has 0 aliphatic heterocycles. The molecular weight excluding hydrogens is 480 g/mol. The number of aryl methyl sites for hydroxylation is 2. The van der Waals surface area contributed by atoms with Crippen LogP contribution in [0, 0.1) is 13.8 Å². The van der Waals surface area contributed by atoms with Crippen molar-refractivity contribution in [3.63, 3.8) is 0 Å². The quantitative estimate of drug-likeness (QED) is 0.261. The van der Waals surface area contributed by atoms with Gasteiger partial charge in [0.2, 0.25) is 0 Å². The summed E-state index contributed by atoms with van der Waals surface area (Å²) in [4.78, 5) is 26.8. The van der Waals surface area contributed by atoms with Crippen molar-refractivity contribution in [2.24, 2.45) is 0 Å². The minimum absolute atomic E-state index is 0.221. The molecule has 0 fully saturated rings. The van der Waals surface area contributed by atoms with Gasteiger partial charge in [-0.15, -0.1) is 0 Å². The number of H-pyrrole nitrogens is 3. The smallest absolute Gasteiger partial charge is 0.275 e. The van der Waals surface area contributed by atoms with Crippen molar-refractivity contribution in [3.8, 4) is 17.2 Å². The summed E-state index contributed by atoms with van der Waals surface area (Å²) < 4.78 is 13.6. The van der Waals surface area contributed by atoms with Crippen molar-refractivity contribution < 1.29 is 9.47 Å². The van der Waals surface area contributed by atoms with Gasteiger partial charge < -0.3 is 14.6 Å². The summed E-state index contributed by atoms with van der Waals surface area (Å²) in [5.74, 6) is 0.499. The first-order valence-corrected chi connectivity index (χ1v) is 12.6. The third-order valence-corrected chi connectivity index (χ3v) is 6.56. The number of para-hydroxylation sites is 1. The molecule has 0 amide bonds. The van der Waals surface area contributed by atoms with Crippen LogP contribution in [0.15, 0.2) is 88.5 Å². The van der Waals surface area contributed by atoms with E-state index in [1.54, 1.807) is 0 Å². The van der Waals surface area contributed by atoms with E-state index in [4.69, 9.17) is 9.47 Å². The highest BCUT2D eigenvalue weighted by Gasteiger charge is 2.30. The Kier molecular flexibility index (Phi) is 7.04. The molecular formula is C30H30N4O4. The highest BCUT2D eigenvalue weighted by Crippen LogP contribution is 2.37. The monoisotopic (exact) mass is 510 g/mol. The molecule has 1 atom stereocenters. The van der Waals surface area contributed by atoms with Crippen molar-refractivity contribution in [2.45, 2.75) is 33.3 Å². The van der Waals surface area contributed by atoms with Crippen LogP contribution >= 0.6 is 0 Å². The van der Waals surface area contributed by atoms with E-state index in [0.29, 0.717) is 52.9 Å². The van der Waals surface area contributed by atoms with Gasteiger partial charge in [-0.1, -0.05) is 54.6 Å². The van der Waals surface area contributed by atoms with Gasteiger partial charge in [-0.25, -0.2) is 4.68 Å². The normalized spacial score (nSPS) is 11.9. The molecule has 5 aromatic rings. The van der Waals surface area contributed by atoms with E-state index in [0.717, 1.165) is 11.1 Å². The second-order valence-electron chi connectivity index (χ2n) is 9.09. The number of benzene rings is 3. The molecule has 0 aliphatic rings. The van der Waals surface area contributed by atoms with Crippen LogP contribution in [0.1, 0.15) is 46.5 Å². The molecule has 0 saturated heterocycles. The second-order valence-corrected chi connectivity index (χ2v) is 9.09. The maximum atomic E-state index is 13.8. The fourth-order valence-corrected chi connectivity index (χ4v) is 4.77. The lowest BCUT2D eigenvalue weighted by Crippen LogP contribution is -2.23. The van der Waals surface area contributed by atoms with E-state index >= 15 is 0 Å². The number of aromatic nitrogens is 4. The van der Waals surface area contributed by atoms with Crippen LogP contribution in [0.4, 0.5) is 0 Å². The molecule has 0 aliphatic carbocycles. The Bertz CT molecular complexity index is 1650. The van der Waals surface area contributed by atoms with Crippen LogP contribution in [-0.2, 0) is 6.61 Å². The van der Waals surface area contributed by atoms with Gasteiger partial charge in [-0.2, -0.15) is 0 Å². The van der Waals surface area contributed by atoms with Crippen LogP contribution in [0.3, 0.4) is 0 Å². The third-order valence-electron chi connectivity index (χ3n) is 6.56. The highest BCUT2D eigenvalue weighted by molar-refractivity contribution is 5.51. The number of hydrogen-bond acceptors (Lipinski definition) is 4. The number of ether oxygens (including phenoxy) is 2. The Morgan fingerprint density at radius 2 is 1.50 bits per heavy atom. The Hall–Kier alpha value is -4.72. The number of nitrogens with zero attached hydrogens (tertiary/aromatic N) is 1. The Balaban J connectivity index is 1.63. The van der Waals surface area contributed by atoms with Gasteiger partial charge in [0.25, 0.3) is 11.1 Å². The predicted octanol–water partition coefficient (Wildman–Crippen LogP) is 4.96. The van der Waals surface area contributed by atoms with Crippen molar-refractivity contribution in [2.75, 3.05) is 6.61 Å². The molecule has 194 valence electrons. The molecule has 0 radical (unpaired) electrons. The Labute approximate surface area is 219 Å². The van der Waals surface area contributed by atoms with Crippen LogP contribution in [0.5, 0.6) is 11.5 Å². The van der Waals surface area contributed by atoms with Crippen LogP contribution in [0.25, 0.3) is 5.69 Å². The largest absolute Gasteiger partial charge is 0.490 e. The fraction of sp³-hybridized carbons (Fsp3) is 0.200. The van der Waals surface area contributed by atoms with E-state index < -0.39 is 5.92 Å². The molecule has 5 rings (SSSR count). The molecule has 8 heteroatoms. The summed E-state index contributed by atoms with van der Waals surface area (Å²) in [7, 11) is 0. The maximum absolute atomic E-state index is 13.8. The summed E-state index contributed by atoms with van der Waals surface area (Å²) >= 11 is 0. The predicted molar refractivity (Wildman–Crippen MR) is 147 cm³/mol. The van der Waals surface area contributed by atoms with Gasteiger partial charge >= 0.3 is 0 Å². The summed E-state index contributed by atoms with van der Waals surface area (Å²) in [6.07, 6.45) is 0. The maximum Gasteiger partial charge on any atom is 0.275 e. The number of hydrogen-bond donors (Lipinski definition) is 3. The van der Waals surface area contributed by atoms with E-state index in [1.165, 1.54) is 4.68 Å². The molecule has 0 bridgehead atoms. The average molecular weight is 511 g/mol. The minimum atomic E-state index is -0.638. The molecule has 2 aromatic heterocycles. The standard InChI is InChI=1S/C30H30N4O4/c1-4-37-25-17-22(15-16-24(25)38-18-21-11-7-5-8-12-21)28(26-19(2)31-32-29(26)35)27-20(3)33-34(30(27)36)23-13-9-6-10-14-23/h5-17,28,33H,4,18H2,1-3H3,(H2,31,32,35). The Morgan fingerprint density at radius 1 is 0.789 bits per heavy atom. The van der Waals surface area contributed by atoms with E-state index in [2.05, 4.69) is 15.3 Å². The Morgan fingerprint density at radius 3 is 2.16 bits per heavy atom. The lowest BCUT2D eigenvalue weighted by Gasteiger charge is -2.19. The summed E-state index contributed by atoms with van der Waals surface area (Å²) in [5, 5.41) is 8.78. The van der Waals surface area contributed by atoms with Crippen molar-refractivity contribution in [1.82, 2.24) is 20.0 Å². The molecule has 38 heavy (non-hydrogen) atoms. The van der Waals surface area contributed by atoms with Crippen molar-refractivity contribution >= 4 is 0 Å². The average Bonchev–Trinajstić information content (AvgIpc) is 3.42. The third kappa shape index (κ3) is 4.80. The first kappa shape index (κ1) is 25.0. The zero-order valence-electron chi connectivity index (χ0n) is 21.6. The van der Waals surface area contributed by atoms with Gasteiger partial charge in [0.05, 0.1) is 23.4 Å². The van der Waals surface area contributed by atoms with Gasteiger partial charge in [0.1, 0.15) is 6.61 Å². The van der Waals surface area contributed by atoms with Gasteiger partial charge in [-0.05, 0) is 56.2 Å².